The molecule has 1 aliphatic heterocycles. The van der Waals surface area contributed by atoms with Crippen LogP contribution in [0.25, 0.3) is 0 Å². The molecule has 0 bridgehead atoms. The summed E-state index contributed by atoms with van der Waals surface area (Å²) in [5, 5.41) is 6.39. The van der Waals surface area contributed by atoms with Gasteiger partial charge in [-0.1, -0.05) is 13.0 Å². The first-order valence-corrected chi connectivity index (χ1v) is 10.2. The minimum atomic E-state index is -0.164. The minimum Gasteiger partial charge on any atom is -0.383 e. The summed E-state index contributed by atoms with van der Waals surface area (Å²) in [6, 6.07) is 11.3. The van der Waals surface area contributed by atoms with E-state index in [0.29, 0.717) is 18.7 Å². The molecular weight excluding hydrogens is 380 g/mol. The quantitative estimate of drug-likeness (QED) is 0.714. The third-order valence-electron chi connectivity index (χ3n) is 5.70. The topological polar surface area (TPSA) is 83.6 Å². The summed E-state index contributed by atoms with van der Waals surface area (Å²) >= 11 is 0. The monoisotopic (exact) mass is 410 g/mol. The van der Waals surface area contributed by atoms with Crippen LogP contribution in [0.1, 0.15) is 48.4 Å². The Balaban J connectivity index is 2.01. The largest absolute Gasteiger partial charge is 0.383 e. The molecule has 2 heterocycles. The fourth-order valence-electron chi connectivity index (χ4n) is 4.00. The second-order valence-corrected chi connectivity index (χ2v) is 7.80. The molecule has 0 aliphatic carbocycles. The van der Waals surface area contributed by atoms with Crippen LogP contribution in [0.4, 0.5) is 11.5 Å². The number of hydrogen-bond donors (Lipinski definition) is 2. The maximum atomic E-state index is 12.6. The molecule has 2 aromatic rings. The maximum absolute atomic E-state index is 12.6. The lowest BCUT2D eigenvalue weighted by atomic mass is 9.82. The van der Waals surface area contributed by atoms with E-state index in [4.69, 9.17) is 4.74 Å². The van der Waals surface area contributed by atoms with Crippen molar-refractivity contribution in [3.63, 3.8) is 0 Å². The van der Waals surface area contributed by atoms with Gasteiger partial charge in [-0.25, -0.2) is 4.98 Å². The van der Waals surface area contributed by atoms with Crippen molar-refractivity contribution in [3.8, 4) is 0 Å². The van der Waals surface area contributed by atoms with E-state index >= 15 is 0 Å². The Hall–Kier alpha value is -2.93. The number of aromatic nitrogens is 1. The molecule has 1 aromatic heterocycles. The highest BCUT2D eigenvalue weighted by Crippen LogP contribution is 2.42. The highest BCUT2D eigenvalue weighted by Gasteiger charge is 2.38. The Labute approximate surface area is 177 Å². The van der Waals surface area contributed by atoms with Crippen LogP contribution in [0.15, 0.2) is 36.4 Å². The van der Waals surface area contributed by atoms with E-state index in [2.05, 4.69) is 29.5 Å². The molecule has 7 nitrogen and oxygen atoms in total. The molecule has 3 rings (SSSR count). The Bertz CT molecular complexity index is 930. The molecule has 0 fully saturated rings. The van der Waals surface area contributed by atoms with Gasteiger partial charge in [0.15, 0.2) is 0 Å². The van der Waals surface area contributed by atoms with E-state index in [1.54, 1.807) is 20.1 Å². The van der Waals surface area contributed by atoms with Crippen LogP contribution < -0.4 is 15.5 Å². The van der Waals surface area contributed by atoms with E-state index < -0.39 is 0 Å². The molecule has 0 saturated carbocycles. The van der Waals surface area contributed by atoms with Gasteiger partial charge in [0.25, 0.3) is 5.91 Å². The number of nitrogens with one attached hydrogen (secondary N) is 2. The van der Waals surface area contributed by atoms with Gasteiger partial charge in [-0.3, -0.25) is 9.59 Å². The van der Waals surface area contributed by atoms with Crippen molar-refractivity contribution < 1.29 is 14.3 Å². The number of hydrogen-bond acceptors (Lipinski definition) is 5. The lowest BCUT2D eigenvalue weighted by Gasteiger charge is -2.44. The molecule has 1 aliphatic rings. The second-order valence-electron chi connectivity index (χ2n) is 7.80. The van der Waals surface area contributed by atoms with Crippen LogP contribution in [0.2, 0.25) is 0 Å². The first-order chi connectivity index (χ1) is 14.3. The van der Waals surface area contributed by atoms with Crippen molar-refractivity contribution in [1.82, 2.24) is 10.3 Å². The number of carbonyl (C=O) groups excluding carboxylic acids is 2. The standard InChI is InChI=1S/C23H30N4O3/c1-14-7-6-8-21(25-14)26-22-15(2)16(3)27(17(4)28)20-10-9-18(13-19(20)22)23(29)24-11-12-30-5/h6-10,13,15-16,22H,11-12H2,1-5H3,(H,24,29)(H,25,26)/t15-,16-,22?/m0/s1. The SMILES string of the molecule is COCCNC(=O)c1ccc2c(c1)C(Nc1cccc(C)n1)[C@@H](C)[C@H](C)N2C(C)=O. The van der Waals surface area contributed by atoms with Crippen molar-refractivity contribution in [1.29, 1.82) is 0 Å². The summed E-state index contributed by atoms with van der Waals surface area (Å²) in [6.45, 7) is 8.59. The van der Waals surface area contributed by atoms with Crippen LogP contribution in [0, 0.1) is 12.8 Å². The molecule has 2 N–H and O–H groups in total. The van der Waals surface area contributed by atoms with Gasteiger partial charge in [-0.15, -0.1) is 0 Å². The van der Waals surface area contributed by atoms with Gasteiger partial charge < -0.3 is 20.3 Å². The van der Waals surface area contributed by atoms with Crippen molar-refractivity contribution >= 4 is 23.3 Å². The Morgan fingerprint density at radius 2 is 1.97 bits per heavy atom. The van der Waals surface area contributed by atoms with E-state index in [-0.39, 0.29) is 29.8 Å². The summed E-state index contributed by atoms with van der Waals surface area (Å²) in [5.74, 6) is 0.703. The lowest BCUT2D eigenvalue weighted by Crippen LogP contribution is -2.48. The number of benzene rings is 1. The van der Waals surface area contributed by atoms with E-state index in [9.17, 15) is 9.59 Å². The number of aryl methyl sites for hydroxylation is 1. The van der Waals surface area contributed by atoms with Gasteiger partial charge >= 0.3 is 0 Å². The summed E-state index contributed by atoms with van der Waals surface area (Å²) in [7, 11) is 1.60. The third kappa shape index (κ3) is 4.46. The zero-order chi connectivity index (χ0) is 21.8. The first kappa shape index (κ1) is 21.8. The van der Waals surface area contributed by atoms with Crippen molar-refractivity contribution in [3.05, 3.63) is 53.2 Å². The Morgan fingerprint density at radius 3 is 2.63 bits per heavy atom. The summed E-state index contributed by atoms with van der Waals surface area (Å²) in [5.41, 5.74) is 3.22. The summed E-state index contributed by atoms with van der Waals surface area (Å²) in [6.07, 6.45) is 0. The van der Waals surface area contributed by atoms with Gasteiger partial charge in [-0.2, -0.15) is 0 Å². The molecule has 160 valence electrons. The molecule has 2 amide bonds. The normalized spacial score (nSPS) is 20.4. The average molecular weight is 411 g/mol. The maximum Gasteiger partial charge on any atom is 0.251 e. The van der Waals surface area contributed by atoms with Crippen LogP contribution in [0.3, 0.4) is 0 Å². The molecular formula is C23H30N4O3. The summed E-state index contributed by atoms with van der Waals surface area (Å²) in [4.78, 5) is 31.4. The van der Waals surface area contributed by atoms with Gasteiger partial charge in [0.2, 0.25) is 5.91 Å². The Morgan fingerprint density at radius 1 is 1.20 bits per heavy atom. The fourth-order valence-corrected chi connectivity index (χ4v) is 4.00. The van der Waals surface area contributed by atoms with Crippen LogP contribution in [-0.2, 0) is 9.53 Å². The number of fused-ring (bicyclic) bond motifs is 1. The molecule has 0 spiro atoms. The predicted molar refractivity (Wildman–Crippen MR) is 118 cm³/mol. The smallest absolute Gasteiger partial charge is 0.251 e. The second kappa shape index (κ2) is 9.26. The number of amides is 2. The number of rotatable bonds is 6. The van der Waals surface area contributed by atoms with E-state index in [0.717, 1.165) is 22.8 Å². The highest BCUT2D eigenvalue weighted by molar-refractivity contribution is 5.98. The molecule has 0 saturated heterocycles. The van der Waals surface area contributed by atoms with Crippen molar-refractivity contribution in [2.24, 2.45) is 5.92 Å². The van der Waals surface area contributed by atoms with Gasteiger partial charge in [0.05, 0.1) is 12.6 Å². The van der Waals surface area contributed by atoms with Gasteiger partial charge in [0, 0.05) is 49.5 Å². The molecule has 1 unspecified atom stereocenters. The number of nitrogens with zero attached hydrogens (tertiary/aromatic N) is 2. The molecule has 0 radical (unpaired) electrons. The predicted octanol–water partition coefficient (Wildman–Crippen LogP) is 3.31. The van der Waals surface area contributed by atoms with Gasteiger partial charge in [0.1, 0.15) is 5.82 Å². The van der Waals surface area contributed by atoms with Gasteiger partial charge in [-0.05, 0) is 49.7 Å². The van der Waals surface area contributed by atoms with E-state index in [1.165, 1.54) is 0 Å². The molecule has 7 heteroatoms. The average Bonchev–Trinajstić information content (AvgIpc) is 2.71. The van der Waals surface area contributed by atoms with Crippen LogP contribution in [-0.4, -0.2) is 43.1 Å². The third-order valence-corrected chi connectivity index (χ3v) is 5.70. The molecule has 30 heavy (non-hydrogen) atoms. The zero-order valence-electron chi connectivity index (χ0n) is 18.2. The molecule has 3 atom stereocenters. The van der Waals surface area contributed by atoms with Crippen LogP contribution >= 0.6 is 0 Å². The van der Waals surface area contributed by atoms with Crippen LogP contribution in [0.5, 0.6) is 0 Å². The van der Waals surface area contributed by atoms with Crippen molar-refractivity contribution in [2.75, 3.05) is 30.5 Å². The molecule has 1 aromatic carbocycles. The number of methoxy groups -OCH3 is 1. The minimum absolute atomic E-state index is 0.00121. The Kier molecular flexibility index (Phi) is 6.72. The first-order valence-electron chi connectivity index (χ1n) is 10.2. The zero-order valence-corrected chi connectivity index (χ0v) is 18.2. The highest BCUT2D eigenvalue weighted by atomic mass is 16.5. The number of pyridine rings is 1. The summed E-state index contributed by atoms with van der Waals surface area (Å²) < 4.78 is 5.00. The van der Waals surface area contributed by atoms with Crippen molar-refractivity contribution in [2.45, 2.75) is 39.8 Å². The number of anilines is 2. The van der Waals surface area contributed by atoms with E-state index in [1.807, 2.05) is 42.2 Å². The number of ether oxygens (including phenoxy) is 1. The lowest BCUT2D eigenvalue weighted by molar-refractivity contribution is -0.117. The fraction of sp³-hybridized carbons (Fsp3) is 0.435. The number of carbonyl (C=O) groups is 2.